The van der Waals surface area contributed by atoms with Gasteiger partial charge in [0.2, 0.25) is 0 Å². The number of benzene rings is 3. The van der Waals surface area contributed by atoms with E-state index in [1.54, 1.807) is 0 Å². The van der Waals surface area contributed by atoms with Crippen molar-refractivity contribution in [2.45, 2.75) is 19.3 Å². The van der Waals surface area contributed by atoms with Gasteiger partial charge in [0.1, 0.15) is 0 Å². The van der Waals surface area contributed by atoms with Crippen molar-refractivity contribution in [3.05, 3.63) is 70.2 Å². The van der Waals surface area contributed by atoms with Gasteiger partial charge in [-0.05, 0) is 33.7 Å². The third-order valence-corrected chi connectivity index (χ3v) is 5.20. The molecule has 1 aliphatic carbocycles. The van der Waals surface area contributed by atoms with Crippen LogP contribution in [0.2, 0.25) is 0 Å². The first-order chi connectivity index (χ1) is 9.60. The van der Waals surface area contributed by atoms with Crippen LogP contribution in [0.25, 0.3) is 21.9 Å². The van der Waals surface area contributed by atoms with Gasteiger partial charge in [0, 0.05) is 15.3 Å². The first kappa shape index (κ1) is 12.2. The lowest BCUT2D eigenvalue weighted by Gasteiger charge is -2.21. The van der Waals surface area contributed by atoms with Crippen molar-refractivity contribution in [1.29, 1.82) is 0 Å². The van der Waals surface area contributed by atoms with Crippen molar-refractivity contribution < 1.29 is 0 Å². The lowest BCUT2D eigenvalue weighted by atomic mass is 9.82. The predicted octanol–water partition coefficient (Wildman–Crippen LogP) is 5.91. The number of rotatable bonds is 0. The zero-order valence-electron chi connectivity index (χ0n) is 11.6. The molecule has 3 aromatic rings. The molecule has 0 heterocycles. The molecule has 0 saturated heterocycles. The Morgan fingerprint density at radius 1 is 0.800 bits per heavy atom. The highest BCUT2D eigenvalue weighted by Crippen LogP contribution is 2.52. The van der Waals surface area contributed by atoms with Gasteiger partial charge in [0.25, 0.3) is 0 Å². The Morgan fingerprint density at radius 3 is 2.45 bits per heavy atom. The van der Waals surface area contributed by atoms with E-state index < -0.39 is 0 Å². The lowest BCUT2D eigenvalue weighted by molar-refractivity contribution is 0.661. The lowest BCUT2D eigenvalue weighted by Crippen LogP contribution is -2.14. The Balaban J connectivity index is 2.25. The molecule has 0 aliphatic heterocycles. The van der Waals surface area contributed by atoms with Crippen molar-refractivity contribution in [1.82, 2.24) is 0 Å². The quantitative estimate of drug-likeness (QED) is 0.482. The summed E-state index contributed by atoms with van der Waals surface area (Å²) in [6.07, 6.45) is 0. The SMILES string of the molecule is CC1(C)c2ccccc2-c2c1ccc1cccc(Br)c21. The minimum Gasteiger partial charge on any atom is -0.0619 e. The van der Waals surface area contributed by atoms with E-state index in [4.69, 9.17) is 0 Å². The van der Waals surface area contributed by atoms with Crippen LogP contribution in [0.1, 0.15) is 25.0 Å². The monoisotopic (exact) mass is 322 g/mol. The van der Waals surface area contributed by atoms with Crippen LogP contribution in [0.4, 0.5) is 0 Å². The second-order valence-electron chi connectivity index (χ2n) is 6.00. The van der Waals surface area contributed by atoms with E-state index in [9.17, 15) is 0 Å². The van der Waals surface area contributed by atoms with E-state index in [0.717, 1.165) is 0 Å². The molecule has 0 nitrogen and oxygen atoms in total. The van der Waals surface area contributed by atoms with Crippen LogP contribution >= 0.6 is 15.9 Å². The topological polar surface area (TPSA) is 0 Å². The molecule has 0 radical (unpaired) electrons. The minimum atomic E-state index is 0.0788. The molecule has 0 spiro atoms. The summed E-state index contributed by atoms with van der Waals surface area (Å²) in [6.45, 7) is 4.64. The maximum absolute atomic E-state index is 3.74. The smallest absolute Gasteiger partial charge is 0.0260 e. The van der Waals surface area contributed by atoms with Crippen molar-refractivity contribution >= 4 is 26.7 Å². The molecule has 3 aromatic carbocycles. The first-order valence-corrected chi connectivity index (χ1v) is 7.71. The third-order valence-electron chi connectivity index (χ3n) is 4.54. The standard InChI is InChI=1S/C19H15Br/c1-19(2)14-8-4-3-7-13(14)18-15(19)11-10-12-6-5-9-16(20)17(12)18/h3-11H,1-2H3. The molecular formula is C19H15Br. The molecule has 0 atom stereocenters. The molecule has 98 valence electrons. The summed E-state index contributed by atoms with van der Waals surface area (Å²) in [6, 6.07) is 19.8. The van der Waals surface area contributed by atoms with Gasteiger partial charge in [-0.3, -0.25) is 0 Å². The van der Waals surface area contributed by atoms with E-state index in [1.807, 2.05) is 0 Å². The van der Waals surface area contributed by atoms with Gasteiger partial charge in [-0.2, -0.15) is 0 Å². The zero-order valence-corrected chi connectivity index (χ0v) is 13.2. The summed E-state index contributed by atoms with van der Waals surface area (Å²) in [5, 5.41) is 2.63. The van der Waals surface area contributed by atoms with Gasteiger partial charge in [-0.1, -0.05) is 78.3 Å². The zero-order chi connectivity index (χ0) is 13.9. The highest BCUT2D eigenvalue weighted by Gasteiger charge is 2.36. The molecule has 0 fully saturated rings. The first-order valence-electron chi connectivity index (χ1n) is 6.92. The maximum atomic E-state index is 3.74. The maximum Gasteiger partial charge on any atom is 0.0260 e. The van der Waals surface area contributed by atoms with Crippen molar-refractivity contribution in [3.63, 3.8) is 0 Å². The fraction of sp³-hybridized carbons (Fsp3) is 0.158. The Kier molecular flexibility index (Phi) is 2.41. The summed E-state index contributed by atoms with van der Waals surface area (Å²) in [7, 11) is 0. The van der Waals surface area contributed by atoms with Gasteiger partial charge in [-0.15, -0.1) is 0 Å². The van der Waals surface area contributed by atoms with E-state index in [1.165, 1.54) is 37.5 Å². The van der Waals surface area contributed by atoms with Gasteiger partial charge in [-0.25, -0.2) is 0 Å². The summed E-state index contributed by atoms with van der Waals surface area (Å²) in [5.41, 5.74) is 5.71. The Bertz CT molecular complexity index is 844. The number of hydrogen-bond donors (Lipinski definition) is 0. The highest BCUT2D eigenvalue weighted by molar-refractivity contribution is 9.10. The minimum absolute atomic E-state index is 0.0788. The molecule has 0 saturated carbocycles. The van der Waals surface area contributed by atoms with Gasteiger partial charge >= 0.3 is 0 Å². The third kappa shape index (κ3) is 1.42. The Hall–Kier alpha value is -1.60. The molecule has 1 aliphatic rings. The van der Waals surface area contributed by atoms with Crippen LogP contribution in [0.3, 0.4) is 0 Å². The number of halogens is 1. The fourth-order valence-corrected chi connectivity index (χ4v) is 4.11. The van der Waals surface area contributed by atoms with Gasteiger partial charge in [0.15, 0.2) is 0 Å². The molecule has 0 N–H and O–H groups in total. The molecule has 4 rings (SSSR count). The van der Waals surface area contributed by atoms with Crippen LogP contribution in [0.5, 0.6) is 0 Å². The summed E-state index contributed by atoms with van der Waals surface area (Å²) >= 11 is 3.74. The molecule has 0 bridgehead atoms. The van der Waals surface area contributed by atoms with E-state index in [0.29, 0.717) is 0 Å². The van der Waals surface area contributed by atoms with Crippen molar-refractivity contribution in [3.8, 4) is 11.1 Å². The fourth-order valence-electron chi connectivity index (χ4n) is 3.53. The number of fused-ring (bicyclic) bond motifs is 5. The predicted molar refractivity (Wildman–Crippen MR) is 89.2 cm³/mol. The van der Waals surface area contributed by atoms with Gasteiger partial charge in [0.05, 0.1) is 0 Å². The summed E-state index contributed by atoms with van der Waals surface area (Å²) < 4.78 is 1.18. The Morgan fingerprint density at radius 2 is 1.60 bits per heavy atom. The van der Waals surface area contributed by atoms with Crippen molar-refractivity contribution in [2.75, 3.05) is 0 Å². The molecule has 1 heteroatoms. The van der Waals surface area contributed by atoms with Crippen LogP contribution in [0.15, 0.2) is 59.1 Å². The molecule has 0 aromatic heterocycles. The molecular weight excluding hydrogens is 308 g/mol. The van der Waals surface area contributed by atoms with Crippen molar-refractivity contribution in [2.24, 2.45) is 0 Å². The molecule has 0 unspecified atom stereocenters. The normalized spacial score (nSPS) is 15.2. The highest BCUT2D eigenvalue weighted by atomic mass is 79.9. The molecule has 20 heavy (non-hydrogen) atoms. The van der Waals surface area contributed by atoms with E-state index in [-0.39, 0.29) is 5.41 Å². The van der Waals surface area contributed by atoms with Crippen LogP contribution in [0, 0.1) is 0 Å². The average Bonchev–Trinajstić information content (AvgIpc) is 2.68. The Labute approximate surface area is 127 Å². The second kappa shape index (κ2) is 3.95. The summed E-state index contributed by atoms with van der Waals surface area (Å²) in [4.78, 5) is 0. The van der Waals surface area contributed by atoms with Crippen LogP contribution in [-0.2, 0) is 5.41 Å². The number of hydrogen-bond acceptors (Lipinski definition) is 0. The summed E-state index contributed by atoms with van der Waals surface area (Å²) in [5.74, 6) is 0. The van der Waals surface area contributed by atoms with Crippen LogP contribution < -0.4 is 0 Å². The van der Waals surface area contributed by atoms with E-state index >= 15 is 0 Å². The van der Waals surface area contributed by atoms with Gasteiger partial charge < -0.3 is 0 Å². The van der Waals surface area contributed by atoms with E-state index in [2.05, 4.69) is 84.4 Å². The average molecular weight is 323 g/mol. The largest absolute Gasteiger partial charge is 0.0619 e. The second-order valence-corrected chi connectivity index (χ2v) is 6.85. The van der Waals surface area contributed by atoms with Crippen LogP contribution in [-0.4, -0.2) is 0 Å². The molecule has 0 amide bonds.